The molecule has 0 aromatic carbocycles. The molecular formula is C11H19N5O7S. The number of nitrogens with two attached hydrogens (primary N) is 1. The smallest absolute Gasteiger partial charge is 0.309 e. The normalized spacial score (nSPS) is 23.8. The maximum absolute atomic E-state index is 12.4. The summed E-state index contributed by atoms with van der Waals surface area (Å²) in [7, 11) is -1.59. The van der Waals surface area contributed by atoms with Crippen LogP contribution in [-0.2, 0) is 24.3 Å². The monoisotopic (exact) mass is 365 g/mol. The number of piperidine rings is 1. The van der Waals surface area contributed by atoms with Crippen LogP contribution in [0.4, 0.5) is 4.79 Å². The lowest BCUT2D eigenvalue weighted by Gasteiger charge is -2.31. The van der Waals surface area contributed by atoms with Gasteiger partial charge < -0.3 is 9.80 Å². The molecule has 0 saturated carbocycles. The summed E-state index contributed by atoms with van der Waals surface area (Å²) in [5, 5.41) is 0.982. The summed E-state index contributed by atoms with van der Waals surface area (Å²) in [6.45, 7) is -0.0516. The Labute approximate surface area is 138 Å². The molecule has 2 fully saturated rings. The van der Waals surface area contributed by atoms with E-state index in [1.54, 1.807) is 14.1 Å². The first-order valence-electron chi connectivity index (χ1n) is 7.04. The van der Waals surface area contributed by atoms with Gasteiger partial charge >= 0.3 is 16.4 Å². The summed E-state index contributed by atoms with van der Waals surface area (Å²) in [5.41, 5.74) is 0. The molecule has 2 rings (SSSR count). The second-order valence-electron chi connectivity index (χ2n) is 5.85. The van der Waals surface area contributed by atoms with E-state index in [9.17, 15) is 22.8 Å². The van der Waals surface area contributed by atoms with Crippen LogP contribution in [-0.4, -0.2) is 90.0 Å². The van der Waals surface area contributed by atoms with E-state index in [1.165, 1.54) is 4.90 Å². The van der Waals surface area contributed by atoms with Gasteiger partial charge in [0.2, 0.25) is 0 Å². The molecule has 0 aliphatic carbocycles. The maximum atomic E-state index is 12.4. The van der Waals surface area contributed by atoms with Gasteiger partial charge in [0, 0.05) is 6.54 Å². The minimum atomic E-state index is -4.86. The van der Waals surface area contributed by atoms with E-state index in [0.29, 0.717) is 10.1 Å². The fourth-order valence-corrected chi connectivity index (χ4v) is 3.11. The van der Waals surface area contributed by atoms with Gasteiger partial charge in [0.1, 0.15) is 6.04 Å². The van der Waals surface area contributed by atoms with Crippen LogP contribution in [0.15, 0.2) is 0 Å². The van der Waals surface area contributed by atoms with Crippen molar-refractivity contribution in [1.82, 2.24) is 19.9 Å². The molecule has 2 aliphatic heterocycles. The molecule has 2 bridgehead atoms. The minimum Gasteiger partial charge on any atom is -0.309 e. The summed E-state index contributed by atoms with van der Waals surface area (Å²) in [4.78, 5) is 39.1. The second kappa shape index (κ2) is 6.60. The second-order valence-corrected chi connectivity index (χ2v) is 6.85. The Bertz CT molecular complexity index is 651. The van der Waals surface area contributed by atoms with Gasteiger partial charge in [0.15, 0.2) is 0 Å². The Morgan fingerprint density at radius 1 is 1.38 bits per heavy atom. The molecule has 2 saturated heterocycles. The molecule has 0 aromatic rings. The van der Waals surface area contributed by atoms with Gasteiger partial charge in [-0.1, -0.05) is 0 Å². The number of hydroxylamine groups is 2. The molecule has 136 valence electrons. The van der Waals surface area contributed by atoms with Crippen LogP contribution in [0.25, 0.3) is 0 Å². The number of nitrogens with zero attached hydrogens (tertiary/aromatic N) is 4. The SMILES string of the molecule is CN(C)CC(=O)N(N)C(=O)[C@@H]1CC[C@@H]2CN1C(=O)N2OS(=O)(=O)O. The van der Waals surface area contributed by atoms with Gasteiger partial charge in [0.25, 0.3) is 11.8 Å². The predicted octanol–water partition coefficient (Wildman–Crippen LogP) is -2.22. The van der Waals surface area contributed by atoms with E-state index >= 15 is 0 Å². The minimum absolute atomic E-state index is 0.0282. The number of urea groups is 1. The van der Waals surface area contributed by atoms with Crippen molar-refractivity contribution in [2.45, 2.75) is 24.9 Å². The third-order valence-electron chi connectivity index (χ3n) is 3.74. The Balaban J connectivity index is 2.11. The highest BCUT2D eigenvalue weighted by molar-refractivity contribution is 7.80. The molecule has 13 heteroatoms. The number of carbonyl (C=O) groups excluding carboxylic acids is 3. The quantitative estimate of drug-likeness (QED) is 0.239. The van der Waals surface area contributed by atoms with Gasteiger partial charge in [-0.15, -0.1) is 4.28 Å². The first kappa shape index (κ1) is 18.5. The fraction of sp³-hybridized carbons (Fsp3) is 0.727. The van der Waals surface area contributed by atoms with E-state index < -0.39 is 40.3 Å². The molecule has 0 radical (unpaired) electrons. The Morgan fingerprint density at radius 2 is 2.00 bits per heavy atom. The van der Waals surface area contributed by atoms with Gasteiger partial charge in [-0.05, 0) is 26.9 Å². The summed E-state index contributed by atoms with van der Waals surface area (Å²) >= 11 is 0. The van der Waals surface area contributed by atoms with E-state index in [4.69, 9.17) is 10.4 Å². The third-order valence-corrected chi connectivity index (χ3v) is 4.09. The molecule has 4 amide bonds. The van der Waals surface area contributed by atoms with Crippen LogP contribution in [0.2, 0.25) is 0 Å². The Kier molecular flexibility index (Phi) is 5.10. The lowest BCUT2D eigenvalue weighted by atomic mass is 10.00. The highest BCUT2D eigenvalue weighted by Crippen LogP contribution is 2.31. The molecular weight excluding hydrogens is 346 g/mol. The molecule has 0 spiro atoms. The summed E-state index contributed by atoms with van der Waals surface area (Å²) in [5.74, 6) is 4.15. The van der Waals surface area contributed by atoms with Crippen LogP contribution in [0.1, 0.15) is 12.8 Å². The first-order valence-corrected chi connectivity index (χ1v) is 8.41. The van der Waals surface area contributed by atoms with Crippen molar-refractivity contribution < 1.29 is 31.6 Å². The highest BCUT2D eigenvalue weighted by atomic mass is 32.3. The van der Waals surface area contributed by atoms with Crippen molar-refractivity contribution in [2.24, 2.45) is 5.84 Å². The summed E-state index contributed by atoms with van der Waals surface area (Å²) in [6.07, 6.45) is 0.438. The number of hydrogen-bond donors (Lipinski definition) is 2. The zero-order valence-electron chi connectivity index (χ0n) is 13.2. The molecule has 0 unspecified atom stereocenters. The number of fused-ring (bicyclic) bond motifs is 2. The van der Waals surface area contributed by atoms with Gasteiger partial charge in [-0.3, -0.25) is 14.1 Å². The van der Waals surface area contributed by atoms with Crippen molar-refractivity contribution >= 4 is 28.2 Å². The van der Waals surface area contributed by atoms with Crippen molar-refractivity contribution in [3.63, 3.8) is 0 Å². The van der Waals surface area contributed by atoms with Gasteiger partial charge in [-0.2, -0.15) is 13.5 Å². The topological polar surface area (TPSA) is 154 Å². The number of imide groups is 1. The van der Waals surface area contributed by atoms with Crippen molar-refractivity contribution in [3.8, 4) is 0 Å². The van der Waals surface area contributed by atoms with E-state index in [0.717, 1.165) is 4.90 Å². The highest BCUT2D eigenvalue weighted by Gasteiger charge is 2.50. The molecule has 2 aliphatic rings. The van der Waals surface area contributed by atoms with Crippen LogP contribution in [0.5, 0.6) is 0 Å². The van der Waals surface area contributed by atoms with Crippen LogP contribution in [0.3, 0.4) is 0 Å². The number of likely N-dealkylation sites (N-methyl/N-ethyl adjacent to an activating group) is 1. The van der Waals surface area contributed by atoms with E-state index in [2.05, 4.69) is 4.28 Å². The molecule has 3 N–H and O–H groups in total. The lowest BCUT2D eigenvalue weighted by molar-refractivity contribution is -0.148. The van der Waals surface area contributed by atoms with Gasteiger partial charge in [-0.25, -0.2) is 15.6 Å². The van der Waals surface area contributed by atoms with Crippen molar-refractivity contribution in [1.29, 1.82) is 0 Å². The zero-order valence-corrected chi connectivity index (χ0v) is 14.0. The molecule has 24 heavy (non-hydrogen) atoms. The number of hydrazine groups is 1. The van der Waals surface area contributed by atoms with Crippen molar-refractivity contribution in [2.75, 3.05) is 27.2 Å². The van der Waals surface area contributed by atoms with Crippen LogP contribution in [0, 0.1) is 0 Å². The number of hydrogen-bond acceptors (Lipinski definition) is 8. The molecule has 2 atom stereocenters. The van der Waals surface area contributed by atoms with Gasteiger partial charge in [0.05, 0.1) is 12.6 Å². The first-order chi connectivity index (χ1) is 11.0. The average Bonchev–Trinajstić information content (AvgIpc) is 2.69. The largest absolute Gasteiger partial charge is 0.418 e. The Morgan fingerprint density at radius 3 is 2.54 bits per heavy atom. The number of rotatable bonds is 5. The summed E-state index contributed by atoms with van der Waals surface area (Å²) in [6, 6.07) is -2.51. The van der Waals surface area contributed by atoms with Crippen LogP contribution >= 0.6 is 0 Å². The molecule has 0 aromatic heterocycles. The predicted molar refractivity (Wildman–Crippen MR) is 78.0 cm³/mol. The fourth-order valence-electron chi connectivity index (χ4n) is 2.72. The van der Waals surface area contributed by atoms with Crippen molar-refractivity contribution in [3.05, 3.63) is 0 Å². The standard InChI is InChI=1S/C11H19N5O7S/c1-13(2)6-9(17)15(12)10(18)8-4-3-7-5-14(8)11(19)16(7)23-24(20,21)22/h7-8H,3-6,12H2,1-2H3,(H,20,21,22)/t7-,8+/m1/s1. The van der Waals surface area contributed by atoms with E-state index in [1.807, 2.05) is 0 Å². The number of carbonyl (C=O) groups is 3. The number of amides is 4. The third kappa shape index (κ3) is 3.81. The maximum Gasteiger partial charge on any atom is 0.418 e. The molecule has 12 nitrogen and oxygen atoms in total. The van der Waals surface area contributed by atoms with E-state index in [-0.39, 0.29) is 25.9 Å². The average molecular weight is 365 g/mol. The van der Waals surface area contributed by atoms with Crippen LogP contribution < -0.4 is 5.84 Å². The summed E-state index contributed by atoms with van der Waals surface area (Å²) < 4.78 is 34.6. The Hall–Kier alpha value is -1.80. The molecule has 2 heterocycles. The lowest BCUT2D eigenvalue weighted by Crippen LogP contribution is -2.56. The zero-order chi connectivity index (χ0) is 18.2.